The second kappa shape index (κ2) is 13.3. The van der Waals surface area contributed by atoms with E-state index in [1.54, 1.807) is 12.3 Å². The molecule has 30 heavy (non-hydrogen) atoms. The molecule has 2 aromatic rings. The quantitative estimate of drug-likeness (QED) is 0.350. The number of nitrogens with zero attached hydrogens (tertiary/aromatic N) is 3. The topological polar surface area (TPSA) is 59.9 Å². The summed E-state index contributed by atoms with van der Waals surface area (Å²) >= 11 is 0. The highest BCUT2D eigenvalue weighted by molar-refractivity contribution is 5.85. The molecule has 0 aliphatic rings. The van der Waals surface area contributed by atoms with Gasteiger partial charge in [-0.2, -0.15) is 0 Å². The molecule has 0 aromatic carbocycles. The first-order valence-electron chi connectivity index (χ1n) is 10.2. The third-order valence-electron chi connectivity index (χ3n) is 4.66. The van der Waals surface area contributed by atoms with Crippen molar-refractivity contribution in [3.05, 3.63) is 36.4 Å². The van der Waals surface area contributed by atoms with Gasteiger partial charge < -0.3 is 10.1 Å². The van der Waals surface area contributed by atoms with Gasteiger partial charge in [0.15, 0.2) is 0 Å². The number of anilines is 2. The van der Waals surface area contributed by atoms with Gasteiger partial charge in [0.25, 0.3) is 0 Å². The molecule has 0 saturated carbocycles. The number of halogens is 4. The molecule has 0 radical (unpaired) electrons. The molecule has 0 aliphatic heterocycles. The average molecular weight is 447 g/mol. The van der Waals surface area contributed by atoms with Gasteiger partial charge in [-0.15, -0.1) is 25.6 Å². The first-order chi connectivity index (χ1) is 13.9. The summed E-state index contributed by atoms with van der Waals surface area (Å²) in [5.74, 6) is 1.39. The molecule has 1 unspecified atom stereocenters. The molecule has 1 N–H and O–H groups in total. The molecule has 5 nitrogen and oxygen atoms in total. The van der Waals surface area contributed by atoms with E-state index in [2.05, 4.69) is 38.9 Å². The Morgan fingerprint density at radius 1 is 0.967 bits per heavy atom. The van der Waals surface area contributed by atoms with Crippen LogP contribution >= 0.6 is 12.4 Å². The number of alkyl halides is 3. The minimum absolute atomic E-state index is 0. The number of hydrogen-bond acceptors (Lipinski definition) is 5. The molecule has 2 rings (SSSR count). The van der Waals surface area contributed by atoms with Crippen molar-refractivity contribution in [1.82, 2.24) is 15.0 Å². The SMILES string of the molecule is CCCCCCCCC(CC)c1nccc(Nc2cc(OC(F)(F)F)ccn2)n1.Cl. The molecule has 1 atom stereocenters. The minimum atomic E-state index is -4.74. The van der Waals surface area contributed by atoms with Gasteiger partial charge >= 0.3 is 6.36 Å². The van der Waals surface area contributed by atoms with E-state index in [0.717, 1.165) is 31.2 Å². The molecular formula is C21H30ClF3N4O. The van der Waals surface area contributed by atoms with E-state index in [1.165, 1.54) is 44.4 Å². The van der Waals surface area contributed by atoms with Crippen LogP contribution in [-0.4, -0.2) is 21.3 Å². The Morgan fingerprint density at radius 3 is 2.37 bits per heavy atom. The fourth-order valence-electron chi connectivity index (χ4n) is 3.13. The highest BCUT2D eigenvalue weighted by atomic mass is 35.5. The third-order valence-corrected chi connectivity index (χ3v) is 4.66. The Bertz CT molecular complexity index is 746. The Kier molecular flexibility index (Phi) is 11.5. The summed E-state index contributed by atoms with van der Waals surface area (Å²) in [7, 11) is 0. The van der Waals surface area contributed by atoms with Crippen molar-refractivity contribution in [3.63, 3.8) is 0 Å². The third kappa shape index (κ3) is 9.61. The van der Waals surface area contributed by atoms with Gasteiger partial charge in [0.2, 0.25) is 0 Å². The maximum atomic E-state index is 12.4. The Labute approximate surface area is 182 Å². The summed E-state index contributed by atoms with van der Waals surface area (Å²) in [6, 6.07) is 4.00. The molecular weight excluding hydrogens is 417 g/mol. The highest BCUT2D eigenvalue weighted by Gasteiger charge is 2.31. The van der Waals surface area contributed by atoms with E-state index in [0.29, 0.717) is 5.82 Å². The van der Waals surface area contributed by atoms with Crippen LogP contribution in [0.1, 0.15) is 77.0 Å². The van der Waals surface area contributed by atoms with E-state index >= 15 is 0 Å². The number of nitrogens with one attached hydrogen (secondary N) is 1. The number of rotatable bonds is 12. The van der Waals surface area contributed by atoms with Crippen LogP contribution in [0.5, 0.6) is 5.75 Å². The van der Waals surface area contributed by atoms with Gasteiger partial charge in [-0.1, -0.05) is 52.4 Å². The van der Waals surface area contributed by atoms with Crippen molar-refractivity contribution in [1.29, 1.82) is 0 Å². The van der Waals surface area contributed by atoms with Crippen LogP contribution < -0.4 is 10.1 Å². The van der Waals surface area contributed by atoms with Crippen LogP contribution in [0.3, 0.4) is 0 Å². The van der Waals surface area contributed by atoms with Crippen LogP contribution in [0.4, 0.5) is 24.8 Å². The number of pyridine rings is 1. The van der Waals surface area contributed by atoms with Crippen LogP contribution in [0, 0.1) is 0 Å². The lowest BCUT2D eigenvalue weighted by atomic mass is 9.97. The summed E-state index contributed by atoms with van der Waals surface area (Å²) in [5, 5.41) is 2.93. The lowest BCUT2D eigenvalue weighted by Gasteiger charge is -2.15. The number of ether oxygens (including phenoxy) is 1. The van der Waals surface area contributed by atoms with Crippen molar-refractivity contribution in [3.8, 4) is 5.75 Å². The van der Waals surface area contributed by atoms with Crippen molar-refractivity contribution < 1.29 is 17.9 Å². The average Bonchev–Trinajstić information content (AvgIpc) is 2.67. The van der Waals surface area contributed by atoms with Gasteiger partial charge in [-0.3, -0.25) is 0 Å². The summed E-state index contributed by atoms with van der Waals surface area (Å²) in [4.78, 5) is 13.0. The van der Waals surface area contributed by atoms with Crippen LogP contribution in [-0.2, 0) is 0 Å². The zero-order valence-electron chi connectivity index (χ0n) is 17.4. The molecule has 168 valence electrons. The second-order valence-corrected chi connectivity index (χ2v) is 7.01. The highest BCUT2D eigenvalue weighted by Crippen LogP contribution is 2.27. The predicted octanol–water partition coefficient (Wildman–Crippen LogP) is 7.18. The van der Waals surface area contributed by atoms with Gasteiger partial charge in [0.1, 0.15) is 23.2 Å². The van der Waals surface area contributed by atoms with Crippen LogP contribution in [0.2, 0.25) is 0 Å². The molecule has 0 spiro atoms. The van der Waals surface area contributed by atoms with Gasteiger partial charge in [-0.25, -0.2) is 15.0 Å². The number of unbranched alkanes of at least 4 members (excludes halogenated alkanes) is 5. The standard InChI is InChI=1S/C21H29F3N4O.ClH/c1-3-5-6-7-8-9-10-16(4-2)20-26-14-12-18(28-20)27-19-15-17(11-13-25-19)29-21(22,23)24;/h11-16H,3-10H2,1-2H3,(H,25,26,27,28);1H. The first kappa shape index (κ1) is 25.9. The lowest BCUT2D eigenvalue weighted by molar-refractivity contribution is -0.274. The van der Waals surface area contributed by atoms with E-state index in [1.807, 2.05) is 0 Å². The monoisotopic (exact) mass is 446 g/mol. The summed E-state index contributed by atoms with van der Waals surface area (Å²) in [6.07, 6.45) is 7.55. The van der Waals surface area contributed by atoms with Crippen molar-refractivity contribution in [2.75, 3.05) is 5.32 Å². The van der Waals surface area contributed by atoms with E-state index in [-0.39, 0.29) is 29.9 Å². The van der Waals surface area contributed by atoms with Crippen LogP contribution in [0.25, 0.3) is 0 Å². The summed E-state index contributed by atoms with van der Waals surface area (Å²) in [6.45, 7) is 4.32. The zero-order valence-corrected chi connectivity index (χ0v) is 18.2. The normalized spacial score (nSPS) is 12.2. The fourth-order valence-corrected chi connectivity index (χ4v) is 3.13. The largest absolute Gasteiger partial charge is 0.573 e. The molecule has 2 heterocycles. The molecule has 0 saturated heterocycles. The molecule has 0 amide bonds. The number of hydrogen-bond donors (Lipinski definition) is 1. The second-order valence-electron chi connectivity index (χ2n) is 7.01. The van der Waals surface area contributed by atoms with E-state index < -0.39 is 6.36 Å². The molecule has 0 aliphatic carbocycles. The van der Waals surface area contributed by atoms with E-state index in [4.69, 9.17) is 0 Å². The van der Waals surface area contributed by atoms with Crippen molar-refractivity contribution in [2.45, 2.75) is 77.5 Å². The Hall–Kier alpha value is -2.09. The zero-order chi connectivity index (χ0) is 21.1. The lowest BCUT2D eigenvalue weighted by Crippen LogP contribution is -2.17. The molecule has 0 bridgehead atoms. The van der Waals surface area contributed by atoms with Gasteiger partial charge in [-0.05, 0) is 25.0 Å². The van der Waals surface area contributed by atoms with Crippen LogP contribution in [0.15, 0.2) is 30.6 Å². The minimum Gasteiger partial charge on any atom is -0.406 e. The molecule has 2 aromatic heterocycles. The Balaban J connectivity index is 0.00000450. The summed E-state index contributed by atoms with van der Waals surface area (Å²) < 4.78 is 41.1. The predicted molar refractivity (Wildman–Crippen MR) is 115 cm³/mol. The Morgan fingerprint density at radius 2 is 1.67 bits per heavy atom. The van der Waals surface area contributed by atoms with Gasteiger partial charge in [0, 0.05) is 24.4 Å². The molecule has 9 heteroatoms. The maximum absolute atomic E-state index is 12.4. The molecule has 0 fully saturated rings. The maximum Gasteiger partial charge on any atom is 0.573 e. The van der Waals surface area contributed by atoms with Crippen molar-refractivity contribution in [2.24, 2.45) is 0 Å². The van der Waals surface area contributed by atoms with Gasteiger partial charge in [0.05, 0.1) is 0 Å². The summed E-state index contributed by atoms with van der Waals surface area (Å²) in [5.41, 5.74) is 0. The van der Waals surface area contributed by atoms with E-state index in [9.17, 15) is 13.2 Å². The fraction of sp³-hybridized carbons (Fsp3) is 0.571. The van der Waals surface area contributed by atoms with Crippen molar-refractivity contribution >= 4 is 24.0 Å². The number of aromatic nitrogens is 3. The smallest absolute Gasteiger partial charge is 0.406 e. The first-order valence-corrected chi connectivity index (χ1v) is 10.2.